The van der Waals surface area contributed by atoms with Gasteiger partial charge < -0.3 is 4.74 Å². The number of hydrogen-bond acceptors (Lipinski definition) is 2. The predicted octanol–water partition coefficient (Wildman–Crippen LogP) is 3.78. The lowest BCUT2D eigenvalue weighted by atomic mass is 10.1. The summed E-state index contributed by atoms with van der Waals surface area (Å²) in [5.41, 5.74) is -1.86. The van der Waals surface area contributed by atoms with E-state index in [1.807, 2.05) is 0 Å². The molecule has 0 spiro atoms. The first kappa shape index (κ1) is 14.0. The van der Waals surface area contributed by atoms with Gasteiger partial charge >= 0.3 is 12.1 Å². The minimum absolute atomic E-state index is 0.0179. The van der Waals surface area contributed by atoms with Gasteiger partial charge in [-0.05, 0) is 35.0 Å². The van der Waals surface area contributed by atoms with Crippen molar-refractivity contribution in [3.8, 4) is 0 Å². The fourth-order valence-corrected chi connectivity index (χ4v) is 1.61. The average Bonchev–Trinajstić information content (AvgIpc) is 2.15. The molecule has 0 saturated carbocycles. The van der Waals surface area contributed by atoms with E-state index in [9.17, 15) is 22.4 Å². The van der Waals surface area contributed by atoms with Crippen molar-refractivity contribution in [3.05, 3.63) is 33.5 Å². The molecular formula is C10H7BrF4O2. The Hall–Kier alpha value is -1.11. The Morgan fingerprint density at radius 1 is 1.41 bits per heavy atom. The maximum atomic E-state index is 13.1. The molecule has 0 heterocycles. The summed E-state index contributed by atoms with van der Waals surface area (Å²) in [6.45, 7) is 1.53. The fraction of sp³-hybridized carbons (Fsp3) is 0.300. The van der Waals surface area contributed by atoms with Gasteiger partial charge in [0.15, 0.2) is 0 Å². The van der Waals surface area contributed by atoms with Gasteiger partial charge in [-0.15, -0.1) is 0 Å². The number of hydrogen-bond donors (Lipinski definition) is 0. The first-order valence-electron chi connectivity index (χ1n) is 4.50. The monoisotopic (exact) mass is 314 g/mol. The van der Waals surface area contributed by atoms with Crippen LogP contribution in [0.15, 0.2) is 16.6 Å². The SMILES string of the molecule is CCOC(=O)c1cc(C(F)(F)F)c(F)cc1Br. The van der Waals surface area contributed by atoms with E-state index in [4.69, 9.17) is 0 Å². The molecular weight excluding hydrogens is 308 g/mol. The van der Waals surface area contributed by atoms with Crippen molar-refractivity contribution in [1.82, 2.24) is 0 Å². The Morgan fingerprint density at radius 3 is 2.47 bits per heavy atom. The Bertz CT molecular complexity index is 443. The lowest BCUT2D eigenvalue weighted by molar-refractivity contribution is -0.140. The smallest absolute Gasteiger partial charge is 0.419 e. The van der Waals surface area contributed by atoms with Gasteiger partial charge in [-0.25, -0.2) is 9.18 Å². The molecule has 0 fully saturated rings. The molecule has 0 bridgehead atoms. The van der Waals surface area contributed by atoms with E-state index in [-0.39, 0.29) is 16.6 Å². The first-order valence-corrected chi connectivity index (χ1v) is 5.30. The van der Waals surface area contributed by atoms with Crippen LogP contribution in [0.1, 0.15) is 22.8 Å². The lowest BCUT2D eigenvalue weighted by Gasteiger charge is -2.11. The molecule has 0 saturated heterocycles. The van der Waals surface area contributed by atoms with Crippen LogP contribution < -0.4 is 0 Å². The van der Waals surface area contributed by atoms with Gasteiger partial charge in [0.05, 0.1) is 17.7 Å². The fourth-order valence-electron chi connectivity index (χ4n) is 1.13. The van der Waals surface area contributed by atoms with Gasteiger partial charge in [0.25, 0.3) is 0 Å². The van der Waals surface area contributed by atoms with Crippen molar-refractivity contribution in [2.75, 3.05) is 6.61 Å². The third-order valence-corrected chi connectivity index (χ3v) is 2.51. The highest BCUT2D eigenvalue weighted by atomic mass is 79.9. The second-order valence-corrected chi connectivity index (χ2v) is 3.88. The molecule has 94 valence electrons. The van der Waals surface area contributed by atoms with Crippen LogP contribution in [0.3, 0.4) is 0 Å². The van der Waals surface area contributed by atoms with E-state index < -0.39 is 23.5 Å². The second-order valence-electron chi connectivity index (χ2n) is 3.03. The third kappa shape index (κ3) is 3.18. The zero-order chi connectivity index (χ0) is 13.2. The maximum absolute atomic E-state index is 13.1. The number of alkyl halides is 3. The van der Waals surface area contributed by atoms with Crippen LogP contribution in [-0.2, 0) is 10.9 Å². The number of benzene rings is 1. The van der Waals surface area contributed by atoms with Crippen LogP contribution in [0.5, 0.6) is 0 Å². The molecule has 0 aliphatic heterocycles. The molecule has 17 heavy (non-hydrogen) atoms. The zero-order valence-electron chi connectivity index (χ0n) is 8.57. The molecule has 1 rings (SSSR count). The Kier molecular flexibility index (Phi) is 4.13. The molecule has 0 N–H and O–H groups in total. The van der Waals surface area contributed by atoms with Gasteiger partial charge in [0, 0.05) is 4.47 Å². The van der Waals surface area contributed by atoms with Crippen LogP contribution in [-0.4, -0.2) is 12.6 Å². The van der Waals surface area contributed by atoms with Crippen molar-refractivity contribution in [2.24, 2.45) is 0 Å². The van der Waals surface area contributed by atoms with Crippen LogP contribution in [0, 0.1) is 5.82 Å². The molecule has 7 heteroatoms. The molecule has 0 aromatic heterocycles. The standard InChI is InChI=1S/C10H7BrF4O2/c1-2-17-9(16)5-3-6(10(13,14)15)8(12)4-7(5)11/h3-4H,2H2,1H3. The Morgan fingerprint density at radius 2 is 2.00 bits per heavy atom. The van der Waals surface area contributed by atoms with Gasteiger partial charge in [-0.3, -0.25) is 0 Å². The summed E-state index contributed by atoms with van der Waals surface area (Å²) in [6.07, 6.45) is -4.86. The lowest BCUT2D eigenvalue weighted by Crippen LogP contribution is -2.12. The van der Waals surface area contributed by atoms with Crippen molar-refractivity contribution in [1.29, 1.82) is 0 Å². The molecule has 0 aliphatic carbocycles. The summed E-state index contributed by atoms with van der Waals surface area (Å²) in [6, 6.07) is 1.02. The number of carbonyl (C=O) groups excluding carboxylic acids is 1. The quantitative estimate of drug-likeness (QED) is 0.613. The molecule has 0 radical (unpaired) electrons. The van der Waals surface area contributed by atoms with Gasteiger partial charge in [0.1, 0.15) is 5.82 Å². The molecule has 0 amide bonds. The van der Waals surface area contributed by atoms with Gasteiger partial charge in [-0.2, -0.15) is 13.2 Å². The Labute approximate surface area is 103 Å². The number of esters is 1. The molecule has 0 aliphatic rings. The number of halogens is 5. The summed E-state index contributed by atoms with van der Waals surface area (Å²) in [5.74, 6) is -2.39. The van der Waals surface area contributed by atoms with Crippen LogP contribution >= 0.6 is 15.9 Å². The summed E-state index contributed by atoms with van der Waals surface area (Å²) in [7, 11) is 0. The molecule has 1 aromatic rings. The van der Waals surface area contributed by atoms with Crippen molar-refractivity contribution in [3.63, 3.8) is 0 Å². The maximum Gasteiger partial charge on any atom is 0.419 e. The summed E-state index contributed by atoms with van der Waals surface area (Å²) in [4.78, 5) is 11.3. The van der Waals surface area contributed by atoms with E-state index in [0.717, 1.165) is 0 Å². The molecule has 1 aromatic carbocycles. The van der Waals surface area contributed by atoms with E-state index in [0.29, 0.717) is 12.1 Å². The minimum atomic E-state index is -4.86. The number of ether oxygens (including phenoxy) is 1. The number of rotatable bonds is 2. The highest BCUT2D eigenvalue weighted by Gasteiger charge is 2.35. The minimum Gasteiger partial charge on any atom is -0.462 e. The van der Waals surface area contributed by atoms with E-state index in [1.165, 1.54) is 6.92 Å². The van der Waals surface area contributed by atoms with Crippen LogP contribution in [0.2, 0.25) is 0 Å². The number of carbonyl (C=O) groups is 1. The average molecular weight is 315 g/mol. The Balaban J connectivity index is 3.29. The van der Waals surface area contributed by atoms with Crippen molar-refractivity contribution >= 4 is 21.9 Å². The van der Waals surface area contributed by atoms with Crippen molar-refractivity contribution < 1.29 is 27.1 Å². The highest BCUT2D eigenvalue weighted by molar-refractivity contribution is 9.10. The largest absolute Gasteiger partial charge is 0.462 e. The second kappa shape index (κ2) is 5.03. The predicted molar refractivity (Wildman–Crippen MR) is 55.1 cm³/mol. The molecule has 0 unspecified atom stereocenters. The summed E-state index contributed by atoms with van der Waals surface area (Å²) >= 11 is 2.81. The van der Waals surface area contributed by atoms with E-state index in [1.54, 1.807) is 0 Å². The van der Waals surface area contributed by atoms with Crippen molar-refractivity contribution in [2.45, 2.75) is 13.1 Å². The van der Waals surface area contributed by atoms with Crippen LogP contribution in [0.4, 0.5) is 17.6 Å². The van der Waals surface area contributed by atoms with Crippen LogP contribution in [0.25, 0.3) is 0 Å². The van der Waals surface area contributed by atoms with E-state index in [2.05, 4.69) is 20.7 Å². The molecule has 0 atom stereocenters. The molecule has 2 nitrogen and oxygen atoms in total. The summed E-state index contributed by atoms with van der Waals surface area (Å²) in [5, 5.41) is 0. The topological polar surface area (TPSA) is 26.3 Å². The van der Waals surface area contributed by atoms with Gasteiger partial charge in [0.2, 0.25) is 0 Å². The zero-order valence-corrected chi connectivity index (χ0v) is 10.2. The third-order valence-electron chi connectivity index (χ3n) is 1.86. The van der Waals surface area contributed by atoms with E-state index >= 15 is 0 Å². The highest BCUT2D eigenvalue weighted by Crippen LogP contribution is 2.34. The van der Waals surface area contributed by atoms with Gasteiger partial charge in [-0.1, -0.05) is 0 Å². The summed E-state index contributed by atoms with van der Waals surface area (Å²) < 4.78 is 54.8. The normalized spacial score (nSPS) is 11.4. The first-order chi connectivity index (χ1) is 7.77.